The topological polar surface area (TPSA) is 46.5 Å². The van der Waals surface area contributed by atoms with Gasteiger partial charge in [-0.15, -0.1) is 0 Å². The molecule has 1 unspecified atom stereocenters. The largest absolute Gasteiger partial charge is 0.390 e. The van der Waals surface area contributed by atoms with Crippen molar-refractivity contribution in [1.82, 2.24) is 0 Å². The minimum atomic E-state index is -0.563. The summed E-state index contributed by atoms with van der Waals surface area (Å²) < 4.78 is 4.80. The van der Waals surface area contributed by atoms with Gasteiger partial charge in [0.05, 0.1) is 12.7 Å². The number of carbonyl (C=O) groups is 1. The molecule has 1 aliphatic rings. The average molecular weight is 116 g/mol. The minimum absolute atomic E-state index is 0.505. The second kappa shape index (κ2) is 2.24. The predicted octanol–water partition coefficient (Wildman–Crippen LogP) is -0.665. The quantitative estimate of drug-likeness (QED) is 0.462. The fourth-order valence-corrected chi connectivity index (χ4v) is 0.730. The Morgan fingerprint density at radius 2 is 2.50 bits per heavy atom. The Morgan fingerprint density at radius 1 is 1.75 bits per heavy atom. The van der Waals surface area contributed by atoms with Gasteiger partial charge in [-0.1, -0.05) is 0 Å². The highest BCUT2D eigenvalue weighted by Crippen LogP contribution is 2.09. The Morgan fingerprint density at radius 3 is 2.75 bits per heavy atom. The van der Waals surface area contributed by atoms with Crippen molar-refractivity contribution in [3.05, 3.63) is 0 Å². The zero-order valence-corrected chi connectivity index (χ0v) is 4.41. The summed E-state index contributed by atoms with van der Waals surface area (Å²) in [5, 5.41) is 8.83. The van der Waals surface area contributed by atoms with Gasteiger partial charge >= 0.3 is 0 Å². The third kappa shape index (κ3) is 0.877. The van der Waals surface area contributed by atoms with Crippen LogP contribution in [-0.4, -0.2) is 30.2 Å². The SMILES string of the molecule is O=CC1OCC[C@H]1O. The molecular formula is C5H8O3. The molecule has 1 fully saturated rings. The molecule has 1 heterocycles. The zero-order valence-electron chi connectivity index (χ0n) is 4.41. The summed E-state index contributed by atoms with van der Waals surface area (Å²) in [6.45, 7) is 0.505. The van der Waals surface area contributed by atoms with E-state index in [0.29, 0.717) is 19.3 Å². The van der Waals surface area contributed by atoms with Crippen molar-refractivity contribution >= 4 is 6.29 Å². The van der Waals surface area contributed by atoms with Gasteiger partial charge < -0.3 is 14.6 Å². The van der Waals surface area contributed by atoms with Crippen LogP contribution in [0, 0.1) is 0 Å². The van der Waals surface area contributed by atoms with Crippen molar-refractivity contribution in [3.8, 4) is 0 Å². The summed E-state index contributed by atoms with van der Waals surface area (Å²) in [5.41, 5.74) is 0. The second-order valence-electron chi connectivity index (χ2n) is 1.83. The summed E-state index contributed by atoms with van der Waals surface area (Å²) in [7, 11) is 0. The van der Waals surface area contributed by atoms with E-state index < -0.39 is 12.2 Å². The predicted molar refractivity (Wildman–Crippen MR) is 26.4 cm³/mol. The molecule has 0 aromatic carbocycles. The number of hydrogen-bond acceptors (Lipinski definition) is 3. The van der Waals surface area contributed by atoms with Crippen LogP contribution in [0.25, 0.3) is 0 Å². The lowest BCUT2D eigenvalue weighted by Crippen LogP contribution is -2.21. The number of carbonyl (C=O) groups excluding carboxylic acids is 1. The van der Waals surface area contributed by atoms with Gasteiger partial charge in [0.1, 0.15) is 6.10 Å². The first kappa shape index (κ1) is 5.72. The van der Waals surface area contributed by atoms with Gasteiger partial charge in [-0.25, -0.2) is 0 Å². The fraction of sp³-hybridized carbons (Fsp3) is 0.800. The Bertz CT molecular complexity index is 91.7. The average Bonchev–Trinajstić information content (AvgIpc) is 2.14. The van der Waals surface area contributed by atoms with Crippen LogP contribution in [0.3, 0.4) is 0 Å². The first-order chi connectivity index (χ1) is 3.84. The molecule has 3 heteroatoms. The smallest absolute Gasteiger partial charge is 0.151 e. The van der Waals surface area contributed by atoms with Crippen molar-refractivity contribution in [2.75, 3.05) is 6.61 Å². The molecule has 8 heavy (non-hydrogen) atoms. The Labute approximate surface area is 47.3 Å². The van der Waals surface area contributed by atoms with E-state index in [1.165, 1.54) is 0 Å². The lowest BCUT2D eigenvalue weighted by molar-refractivity contribution is -0.118. The van der Waals surface area contributed by atoms with E-state index in [1.54, 1.807) is 0 Å². The number of hydrogen-bond donors (Lipinski definition) is 1. The zero-order chi connectivity index (χ0) is 5.98. The summed E-state index contributed by atoms with van der Waals surface area (Å²) >= 11 is 0. The monoisotopic (exact) mass is 116 g/mol. The van der Waals surface area contributed by atoms with Crippen molar-refractivity contribution in [2.45, 2.75) is 18.6 Å². The number of aliphatic hydroxyl groups excluding tert-OH is 1. The molecule has 3 nitrogen and oxygen atoms in total. The van der Waals surface area contributed by atoms with E-state index in [9.17, 15) is 4.79 Å². The van der Waals surface area contributed by atoms with E-state index in [4.69, 9.17) is 9.84 Å². The summed E-state index contributed by atoms with van der Waals surface area (Å²) in [6, 6.07) is 0. The minimum Gasteiger partial charge on any atom is -0.390 e. The molecule has 0 aliphatic carbocycles. The molecule has 1 rings (SSSR count). The molecule has 0 spiro atoms. The molecule has 46 valence electrons. The molecule has 1 N–H and O–H groups in total. The van der Waals surface area contributed by atoms with Gasteiger partial charge in [-0.05, 0) is 6.42 Å². The third-order valence-corrected chi connectivity index (χ3v) is 1.24. The summed E-state index contributed by atoms with van der Waals surface area (Å²) in [6.07, 6.45) is 0.101. The summed E-state index contributed by atoms with van der Waals surface area (Å²) in [5.74, 6) is 0. The van der Waals surface area contributed by atoms with Crippen molar-refractivity contribution < 1.29 is 14.6 Å². The summed E-state index contributed by atoms with van der Waals surface area (Å²) in [4.78, 5) is 9.93. The third-order valence-electron chi connectivity index (χ3n) is 1.24. The van der Waals surface area contributed by atoms with Crippen LogP contribution >= 0.6 is 0 Å². The molecule has 0 aromatic rings. The number of aldehydes is 1. The standard InChI is InChI=1S/C5H8O3/c6-3-5-4(7)1-2-8-5/h3-5,7H,1-2H2/t4-,5?/m1/s1. The van der Waals surface area contributed by atoms with Gasteiger partial charge in [-0.2, -0.15) is 0 Å². The molecule has 0 radical (unpaired) electrons. The number of aliphatic hydroxyl groups is 1. The molecule has 0 aromatic heterocycles. The maximum absolute atomic E-state index is 9.93. The van der Waals surface area contributed by atoms with Crippen LogP contribution in [0.4, 0.5) is 0 Å². The fourth-order valence-electron chi connectivity index (χ4n) is 0.730. The molecule has 0 amide bonds. The van der Waals surface area contributed by atoms with E-state index in [1.807, 2.05) is 0 Å². The molecular weight excluding hydrogens is 108 g/mol. The van der Waals surface area contributed by atoms with E-state index in [-0.39, 0.29) is 0 Å². The molecule has 1 aliphatic heterocycles. The first-order valence-corrected chi connectivity index (χ1v) is 2.59. The van der Waals surface area contributed by atoms with Crippen LogP contribution in [0.1, 0.15) is 6.42 Å². The van der Waals surface area contributed by atoms with E-state index in [2.05, 4.69) is 0 Å². The maximum atomic E-state index is 9.93. The van der Waals surface area contributed by atoms with Gasteiger partial charge in [0.25, 0.3) is 0 Å². The highest BCUT2D eigenvalue weighted by molar-refractivity contribution is 5.57. The molecule has 0 saturated carbocycles. The Balaban J connectivity index is 2.41. The van der Waals surface area contributed by atoms with Crippen LogP contribution in [-0.2, 0) is 9.53 Å². The van der Waals surface area contributed by atoms with Gasteiger partial charge in [0.2, 0.25) is 0 Å². The highest BCUT2D eigenvalue weighted by atomic mass is 16.5. The van der Waals surface area contributed by atoms with Gasteiger partial charge in [0, 0.05) is 0 Å². The van der Waals surface area contributed by atoms with E-state index >= 15 is 0 Å². The van der Waals surface area contributed by atoms with Crippen LogP contribution < -0.4 is 0 Å². The lowest BCUT2D eigenvalue weighted by atomic mass is 10.2. The van der Waals surface area contributed by atoms with Gasteiger partial charge in [0.15, 0.2) is 6.29 Å². The van der Waals surface area contributed by atoms with Crippen LogP contribution in [0.5, 0.6) is 0 Å². The Kier molecular flexibility index (Phi) is 1.60. The molecule has 2 atom stereocenters. The normalized spacial score (nSPS) is 37.6. The van der Waals surface area contributed by atoms with Crippen molar-refractivity contribution in [2.24, 2.45) is 0 Å². The maximum Gasteiger partial charge on any atom is 0.151 e. The first-order valence-electron chi connectivity index (χ1n) is 2.59. The second-order valence-corrected chi connectivity index (χ2v) is 1.83. The van der Waals surface area contributed by atoms with E-state index in [0.717, 1.165) is 0 Å². The lowest BCUT2D eigenvalue weighted by Gasteiger charge is -2.02. The number of rotatable bonds is 1. The Hall–Kier alpha value is -0.410. The molecule has 1 saturated heterocycles. The number of ether oxygens (including phenoxy) is 1. The van der Waals surface area contributed by atoms with Crippen LogP contribution in [0.2, 0.25) is 0 Å². The van der Waals surface area contributed by atoms with Crippen LogP contribution in [0.15, 0.2) is 0 Å². The van der Waals surface area contributed by atoms with Crippen molar-refractivity contribution in [3.63, 3.8) is 0 Å². The molecule has 0 bridgehead atoms. The van der Waals surface area contributed by atoms with Gasteiger partial charge in [-0.3, -0.25) is 0 Å². The highest BCUT2D eigenvalue weighted by Gasteiger charge is 2.24. The van der Waals surface area contributed by atoms with Crippen molar-refractivity contribution in [1.29, 1.82) is 0 Å².